The van der Waals surface area contributed by atoms with Gasteiger partial charge in [-0.25, -0.2) is 14.1 Å². The molecule has 0 saturated carbocycles. The van der Waals surface area contributed by atoms with E-state index in [1.54, 1.807) is 18.2 Å². The first-order valence-electron chi connectivity index (χ1n) is 11.0. The number of amides is 4. The fourth-order valence-corrected chi connectivity index (χ4v) is 4.48. The molecule has 4 amide bonds. The molecule has 178 valence electrons. The monoisotopic (exact) mass is 544 g/mol. The van der Waals surface area contributed by atoms with Gasteiger partial charge in [0, 0.05) is 0 Å². The van der Waals surface area contributed by atoms with Crippen molar-refractivity contribution in [2.75, 3.05) is 4.90 Å². The Morgan fingerprint density at radius 1 is 0.917 bits per heavy atom. The summed E-state index contributed by atoms with van der Waals surface area (Å²) in [6.07, 6.45) is 1.34. The Hall–Kier alpha value is -4.30. The van der Waals surface area contributed by atoms with Gasteiger partial charge >= 0.3 is 6.03 Å². The van der Waals surface area contributed by atoms with E-state index in [2.05, 4.69) is 21.2 Å². The first kappa shape index (κ1) is 23.4. The van der Waals surface area contributed by atoms with Gasteiger partial charge in [-0.3, -0.25) is 14.9 Å². The zero-order chi connectivity index (χ0) is 25.2. The van der Waals surface area contributed by atoms with Crippen LogP contribution in [0, 0.1) is 5.82 Å². The molecule has 1 aliphatic rings. The number of ether oxygens (including phenoxy) is 1. The number of fused-ring (bicyclic) bond motifs is 1. The predicted molar refractivity (Wildman–Crippen MR) is 138 cm³/mol. The van der Waals surface area contributed by atoms with Crippen LogP contribution in [-0.4, -0.2) is 17.8 Å². The quantitative estimate of drug-likeness (QED) is 0.247. The number of benzene rings is 4. The predicted octanol–water partition coefficient (Wildman–Crippen LogP) is 5.99. The third-order valence-electron chi connectivity index (χ3n) is 5.73. The maximum Gasteiger partial charge on any atom is 0.336 e. The number of para-hydroxylation sites is 1. The maximum absolute atomic E-state index is 14.3. The van der Waals surface area contributed by atoms with Gasteiger partial charge in [-0.05, 0) is 68.2 Å². The van der Waals surface area contributed by atoms with Crippen molar-refractivity contribution in [1.82, 2.24) is 5.32 Å². The number of barbiturate groups is 1. The van der Waals surface area contributed by atoms with Crippen molar-refractivity contribution in [2.24, 2.45) is 0 Å². The molecule has 5 rings (SSSR count). The summed E-state index contributed by atoms with van der Waals surface area (Å²) >= 11 is 3.48. The zero-order valence-electron chi connectivity index (χ0n) is 18.7. The van der Waals surface area contributed by atoms with Crippen molar-refractivity contribution in [3.8, 4) is 5.75 Å². The molecule has 0 atom stereocenters. The molecule has 4 aromatic carbocycles. The van der Waals surface area contributed by atoms with Crippen LogP contribution in [0.4, 0.5) is 14.9 Å². The van der Waals surface area contributed by atoms with Crippen LogP contribution in [0.3, 0.4) is 0 Å². The van der Waals surface area contributed by atoms with Crippen molar-refractivity contribution in [3.63, 3.8) is 0 Å². The lowest BCUT2D eigenvalue weighted by atomic mass is 10.1. The van der Waals surface area contributed by atoms with E-state index in [4.69, 9.17) is 4.74 Å². The summed E-state index contributed by atoms with van der Waals surface area (Å²) in [6, 6.07) is 23.5. The third-order valence-corrected chi connectivity index (χ3v) is 6.34. The largest absolute Gasteiger partial charge is 0.488 e. The number of nitrogens with one attached hydrogen (secondary N) is 1. The van der Waals surface area contributed by atoms with E-state index in [0.717, 1.165) is 22.4 Å². The number of rotatable bonds is 5. The fraction of sp³-hybridized carbons (Fsp3) is 0.0357. The number of hydrogen-bond donors (Lipinski definition) is 1. The van der Waals surface area contributed by atoms with Gasteiger partial charge in [0.2, 0.25) is 0 Å². The molecule has 1 saturated heterocycles. The Kier molecular flexibility index (Phi) is 6.35. The molecule has 4 aromatic rings. The highest BCUT2D eigenvalue weighted by molar-refractivity contribution is 9.10. The van der Waals surface area contributed by atoms with E-state index in [0.29, 0.717) is 27.3 Å². The third kappa shape index (κ3) is 4.50. The van der Waals surface area contributed by atoms with Gasteiger partial charge in [-0.2, -0.15) is 0 Å². The van der Waals surface area contributed by atoms with Crippen molar-refractivity contribution in [3.05, 3.63) is 112 Å². The Bertz CT molecular complexity index is 1560. The van der Waals surface area contributed by atoms with Crippen LogP contribution >= 0.6 is 15.9 Å². The molecule has 36 heavy (non-hydrogen) atoms. The van der Waals surface area contributed by atoms with E-state index in [9.17, 15) is 18.8 Å². The maximum atomic E-state index is 14.3. The van der Waals surface area contributed by atoms with E-state index in [1.807, 2.05) is 42.5 Å². The summed E-state index contributed by atoms with van der Waals surface area (Å²) in [4.78, 5) is 38.3. The molecule has 1 heterocycles. The molecule has 0 aromatic heterocycles. The van der Waals surface area contributed by atoms with Gasteiger partial charge < -0.3 is 4.74 Å². The van der Waals surface area contributed by atoms with Crippen LogP contribution in [0.15, 0.2) is 95.0 Å². The number of carbonyl (C=O) groups is 3. The minimum Gasteiger partial charge on any atom is -0.488 e. The summed E-state index contributed by atoms with van der Waals surface area (Å²) < 4.78 is 20.9. The fourth-order valence-electron chi connectivity index (χ4n) is 3.97. The second kappa shape index (κ2) is 9.75. The summed E-state index contributed by atoms with van der Waals surface area (Å²) in [6.45, 7) is 0.348. The topological polar surface area (TPSA) is 75.7 Å². The molecule has 0 unspecified atom stereocenters. The molecule has 8 heteroatoms. The Morgan fingerprint density at radius 2 is 1.67 bits per heavy atom. The second-order valence-corrected chi connectivity index (χ2v) is 8.88. The minimum absolute atomic E-state index is 0.239. The highest BCUT2D eigenvalue weighted by Gasteiger charge is 2.37. The van der Waals surface area contributed by atoms with Gasteiger partial charge in [0.1, 0.15) is 23.7 Å². The van der Waals surface area contributed by atoms with Crippen molar-refractivity contribution < 1.29 is 23.5 Å². The van der Waals surface area contributed by atoms with Crippen LogP contribution in [0.2, 0.25) is 0 Å². The van der Waals surface area contributed by atoms with Crippen LogP contribution in [0.1, 0.15) is 11.1 Å². The van der Waals surface area contributed by atoms with Crippen molar-refractivity contribution in [2.45, 2.75) is 6.61 Å². The Balaban J connectivity index is 1.39. The second-order valence-electron chi connectivity index (χ2n) is 8.03. The number of urea groups is 1. The number of imide groups is 2. The van der Waals surface area contributed by atoms with Gasteiger partial charge in [0.05, 0.1) is 10.2 Å². The number of nitrogens with zero attached hydrogens (tertiary/aromatic N) is 1. The summed E-state index contributed by atoms with van der Waals surface area (Å²) in [5, 5.41) is 4.32. The highest BCUT2D eigenvalue weighted by atomic mass is 79.9. The van der Waals surface area contributed by atoms with E-state index < -0.39 is 23.7 Å². The smallest absolute Gasteiger partial charge is 0.336 e. The van der Waals surface area contributed by atoms with E-state index in [1.165, 1.54) is 24.3 Å². The number of halogens is 2. The van der Waals surface area contributed by atoms with Crippen LogP contribution in [0.25, 0.3) is 16.8 Å². The molecular formula is C28H18BrFN2O4. The molecule has 0 spiro atoms. The van der Waals surface area contributed by atoms with Crippen LogP contribution in [0.5, 0.6) is 5.75 Å². The van der Waals surface area contributed by atoms with Gasteiger partial charge in [0.25, 0.3) is 11.8 Å². The molecule has 1 fully saturated rings. The van der Waals surface area contributed by atoms with Gasteiger partial charge in [0.15, 0.2) is 0 Å². The summed E-state index contributed by atoms with van der Waals surface area (Å²) in [5.41, 5.74) is 1.01. The lowest BCUT2D eigenvalue weighted by molar-refractivity contribution is -0.122. The highest BCUT2D eigenvalue weighted by Crippen LogP contribution is 2.30. The lowest BCUT2D eigenvalue weighted by Crippen LogP contribution is -2.54. The van der Waals surface area contributed by atoms with Crippen molar-refractivity contribution in [1.29, 1.82) is 0 Å². The molecule has 1 N–H and O–H groups in total. The minimum atomic E-state index is -1.01. The average Bonchev–Trinajstić information content (AvgIpc) is 2.87. The molecule has 0 aliphatic carbocycles. The van der Waals surface area contributed by atoms with Crippen molar-refractivity contribution >= 4 is 56.3 Å². The van der Waals surface area contributed by atoms with Gasteiger partial charge in [-0.15, -0.1) is 0 Å². The molecule has 1 aliphatic heterocycles. The average molecular weight is 545 g/mol. The SMILES string of the molecule is O=C1NC(=O)N(c2ccccc2F)C(=O)/C1=C\c1ccc(OCc2cccc3ccccc23)c(Br)c1. The standard InChI is InChI=1S/C28H18BrFN2O4/c29-22-15-17(12-13-25(22)36-16-19-8-5-7-18-6-1-2-9-20(18)19)14-21-26(33)31-28(35)32(27(21)34)24-11-4-3-10-23(24)30/h1-15H,16H2,(H,31,33,35)/b21-14-. The Morgan fingerprint density at radius 3 is 2.47 bits per heavy atom. The molecule has 6 nitrogen and oxygen atoms in total. The number of hydrogen-bond acceptors (Lipinski definition) is 4. The van der Waals surface area contributed by atoms with Crippen LogP contribution in [-0.2, 0) is 16.2 Å². The normalized spacial score (nSPS) is 14.9. The zero-order valence-corrected chi connectivity index (χ0v) is 20.3. The number of carbonyl (C=O) groups excluding carboxylic acids is 3. The summed E-state index contributed by atoms with van der Waals surface area (Å²) in [7, 11) is 0. The Labute approximate surface area is 214 Å². The van der Waals surface area contributed by atoms with Crippen LogP contribution < -0.4 is 15.0 Å². The van der Waals surface area contributed by atoms with E-state index in [-0.39, 0.29) is 11.3 Å². The van der Waals surface area contributed by atoms with E-state index >= 15 is 0 Å². The lowest BCUT2D eigenvalue weighted by Gasteiger charge is -2.26. The van der Waals surface area contributed by atoms with Gasteiger partial charge in [-0.1, -0.05) is 60.7 Å². The molecule has 0 bridgehead atoms. The first-order valence-corrected chi connectivity index (χ1v) is 11.8. The molecule has 0 radical (unpaired) electrons. The summed E-state index contributed by atoms with van der Waals surface area (Å²) in [5.74, 6) is -1.95. The number of anilines is 1. The molecular weight excluding hydrogens is 527 g/mol. The first-order chi connectivity index (χ1) is 17.4.